The minimum absolute atomic E-state index is 0.00633. The largest absolute Gasteiger partial charge is 0.511 e. The van der Waals surface area contributed by atoms with E-state index in [1.807, 2.05) is 13.8 Å². The number of aliphatic hydroxyl groups excluding tert-OH is 1. The van der Waals surface area contributed by atoms with Gasteiger partial charge in [-0.3, -0.25) is 4.79 Å². The molecule has 1 N–H and O–H groups in total. The first-order valence-electron chi connectivity index (χ1n) is 8.65. The van der Waals surface area contributed by atoms with Crippen LogP contribution in [0, 0.1) is 38.5 Å². The molecule has 122 valence electrons. The Bertz CT molecular complexity index is 707. The van der Waals surface area contributed by atoms with E-state index in [2.05, 4.69) is 26.0 Å². The molecule has 1 aromatic rings. The molecule has 0 amide bonds. The molecule has 2 bridgehead atoms. The summed E-state index contributed by atoms with van der Waals surface area (Å²) in [6.45, 7) is 8.27. The van der Waals surface area contributed by atoms with Gasteiger partial charge in [0.05, 0.1) is 29.6 Å². The summed E-state index contributed by atoms with van der Waals surface area (Å²) in [5.74, 6) is 0.542. The zero-order chi connectivity index (χ0) is 16.5. The van der Waals surface area contributed by atoms with Crippen molar-refractivity contribution in [1.29, 1.82) is 0 Å². The normalized spacial score (nSPS) is 35.3. The first-order valence-corrected chi connectivity index (χ1v) is 8.65. The van der Waals surface area contributed by atoms with Crippen LogP contribution in [0.5, 0.6) is 0 Å². The number of benzene rings is 1. The molecule has 0 aromatic heterocycles. The van der Waals surface area contributed by atoms with Gasteiger partial charge in [0.25, 0.3) is 0 Å². The van der Waals surface area contributed by atoms with Crippen molar-refractivity contribution >= 4 is 11.4 Å². The highest BCUT2D eigenvalue weighted by atomic mass is 16.5. The highest BCUT2D eigenvalue weighted by molar-refractivity contribution is 6.26. The number of aliphatic hydroxyl groups is 1. The van der Waals surface area contributed by atoms with Crippen LogP contribution in [0.2, 0.25) is 0 Å². The molecule has 23 heavy (non-hydrogen) atoms. The summed E-state index contributed by atoms with van der Waals surface area (Å²) in [4.78, 5) is 13.1. The third-order valence-electron chi connectivity index (χ3n) is 6.05. The molecule has 0 unspecified atom stereocenters. The van der Waals surface area contributed by atoms with Crippen molar-refractivity contribution < 1.29 is 14.6 Å². The number of hydrogen-bond donors (Lipinski definition) is 1. The first-order chi connectivity index (χ1) is 10.9. The second-order valence-corrected chi connectivity index (χ2v) is 7.49. The van der Waals surface area contributed by atoms with Gasteiger partial charge >= 0.3 is 0 Å². The van der Waals surface area contributed by atoms with Gasteiger partial charge in [0.15, 0.2) is 5.78 Å². The zero-order valence-electron chi connectivity index (χ0n) is 14.2. The molecule has 0 radical (unpaired) electrons. The highest BCUT2D eigenvalue weighted by Gasteiger charge is 2.61. The number of carbonyl (C=O) groups excluding carboxylic acids is 1. The van der Waals surface area contributed by atoms with Crippen molar-refractivity contribution in [2.45, 2.75) is 52.7 Å². The van der Waals surface area contributed by atoms with Crippen LogP contribution >= 0.6 is 0 Å². The smallest absolute Gasteiger partial charge is 0.173 e. The Balaban J connectivity index is 1.83. The van der Waals surface area contributed by atoms with E-state index in [0.717, 1.165) is 29.5 Å². The molecule has 0 spiro atoms. The number of Topliss-reactive ketones (excluding diaryl/α,β-unsaturated/α-hetero) is 1. The number of ketones is 1. The second-order valence-electron chi connectivity index (χ2n) is 7.49. The van der Waals surface area contributed by atoms with Crippen molar-refractivity contribution in [3.8, 4) is 0 Å². The van der Waals surface area contributed by atoms with Crippen LogP contribution in [0.1, 0.15) is 42.0 Å². The van der Waals surface area contributed by atoms with Gasteiger partial charge in [0, 0.05) is 0 Å². The van der Waals surface area contributed by atoms with Crippen LogP contribution in [0.15, 0.2) is 17.9 Å². The minimum Gasteiger partial charge on any atom is -0.511 e. The van der Waals surface area contributed by atoms with Gasteiger partial charge in [0.2, 0.25) is 0 Å². The molecule has 2 fully saturated rings. The van der Waals surface area contributed by atoms with Gasteiger partial charge in [-0.1, -0.05) is 31.0 Å². The van der Waals surface area contributed by atoms with Gasteiger partial charge < -0.3 is 9.84 Å². The molecule has 2 saturated heterocycles. The predicted molar refractivity (Wildman–Crippen MR) is 89.2 cm³/mol. The summed E-state index contributed by atoms with van der Waals surface area (Å²) < 4.78 is 6.03. The molecule has 3 nitrogen and oxygen atoms in total. The van der Waals surface area contributed by atoms with Crippen LogP contribution in [-0.2, 0) is 9.53 Å². The van der Waals surface area contributed by atoms with Crippen LogP contribution in [0.3, 0.4) is 0 Å². The monoisotopic (exact) mass is 312 g/mol. The average molecular weight is 312 g/mol. The van der Waals surface area contributed by atoms with Crippen LogP contribution < -0.4 is 0 Å². The van der Waals surface area contributed by atoms with Crippen molar-refractivity contribution in [1.82, 2.24) is 0 Å². The zero-order valence-corrected chi connectivity index (χ0v) is 14.2. The summed E-state index contributed by atoms with van der Waals surface area (Å²) in [5.41, 5.74) is 4.81. The number of rotatable bonds is 2. The molecule has 2 aliphatic heterocycles. The van der Waals surface area contributed by atoms with Crippen LogP contribution in [0.25, 0.3) is 5.57 Å². The second kappa shape index (κ2) is 4.94. The van der Waals surface area contributed by atoms with E-state index in [0.29, 0.717) is 11.5 Å². The van der Waals surface area contributed by atoms with Crippen molar-refractivity contribution in [2.24, 2.45) is 17.8 Å². The lowest BCUT2D eigenvalue weighted by atomic mass is 9.74. The molecule has 1 aromatic carbocycles. The number of ether oxygens (including phenoxy) is 1. The molecule has 3 heteroatoms. The third kappa shape index (κ3) is 1.89. The molecule has 1 aliphatic carbocycles. The molecule has 2 heterocycles. The lowest BCUT2D eigenvalue weighted by molar-refractivity contribution is -0.118. The lowest BCUT2D eigenvalue weighted by Gasteiger charge is -2.26. The summed E-state index contributed by atoms with van der Waals surface area (Å²) >= 11 is 0. The Morgan fingerprint density at radius 3 is 2.43 bits per heavy atom. The maximum absolute atomic E-state index is 13.1. The molecule has 0 saturated carbocycles. The summed E-state index contributed by atoms with van der Waals surface area (Å²) in [5, 5.41) is 10.9. The van der Waals surface area contributed by atoms with Crippen LogP contribution in [0.4, 0.5) is 0 Å². The molecular formula is C20H24O3. The van der Waals surface area contributed by atoms with Gasteiger partial charge in [-0.15, -0.1) is 0 Å². The molecular weight excluding hydrogens is 288 g/mol. The van der Waals surface area contributed by atoms with E-state index in [1.165, 1.54) is 5.56 Å². The number of hydrogen-bond acceptors (Lipinski definition) is 3. The minimum atomic E-state index is -0.169. The Morgan fingerprint density at radius 1 is 1.17 bits per heavy atom. The number of fused-ring (bicyclic) bond motifs is 5. The first kappa shape index (κ1) is 14.9. The number of carbonyl (C=O) groups is 1. The average Bonchev–Trinajstić information content (AvgIpc) is 3.12. The number of allylic oxidation sites excluding steroid dienone is 1. The maximum atomic E-state index is 13.1. The van der Waals surface area contributed by atoms with Gasteiger partial charge in [-0.2, -0.15) is 0 Å². The van der Waals surface area contributed by atoms with E-state index < -0.39 is 0 Å². The van der Waals surface area contributed by atoms with Crippen molar-refractivity contribution in [3.05, 3.63) is 40.1 Å². The fraction of sp³-hybridized carbons (Fsp3) is 0.550. The Kier molecular flexibility index (Phi) is 3.21. The lowest BCUT2D eigenvalue weighted by Crippen LogP contribution is -2.34. The van der Waals surface area contributed by atoms with Crippen molar-refractivity contribution in [3.63, 3.8) is 0 Å². The van der Waals surface area contributed by atoms with Crippen molar-refractivity contribution in [2.75, 3.05) is 0 Å². The third-order valence-corrected chi connectivity index (χ3v) is 6.05. The van der Waals surface area contributed by atoms with Gasteiger partial charge in [-0.05, 0) is 49.8 Å². The van der Waals surface area contributed by atoms with E-state index in [4.69, 9.17) is 4.74 Å². The highest BCUT2D eigenvalue weighted by Crippen LogP contribution is 2.56. The fourth-order valence-electron chi connectivity index (χ4n) is 5.19. The van der Waals surface area contributed by atoms with E-state index in [1.54, 1.807) is 0 Å². The van der Waals surface area contributed by atoms with E-state index in [-0.39, 0.29) is 35.6 Å². The Morgan fingerprint density at radius 2 is 1.83 bits per heavy atom. The van der Waals surface area contributed by atoms with Gasteiger partial charge in [-0.25, -0.2) is 0 Å². The summed E-state index contributed by atoms with van der Waals surface area (Å²) in [6, 6.07) is 4.17. The fourth-order valence-corrected chi connectivity index (χ4v) is 5.19. The van der Waals surface area contributed by atoms with E-state index >= 15 is 0 Å². The molecule has 4 rings (SSSR count). The SMILES string of the molecule is CC[C@@H]1C[C@@H]2O[C@H]1[C@H]1C(O)=C(c3c(C)cc(C)cc3C)C(=O)[C@H]12. The summed E-state index contributed by atoms with van der Waals surface area (Å²) in [6.07, 6.45) is 2.01. The molecule has 3 aliphatic rings. The summed E-state index contributed by atoms with van der Waals surface area (Å²) in [7, 11) is 0. The maximum Gasteiger partial charge on any atom is 0.173 e. The Labute approximate surface area is 137 Å². The molecule has 5 atom stereocenters. The van der Waals surface area contributed by atoms with Crippen LogP contribution in [-0.4, -0.2) is 23.1 Å². The topological polar surface area (TPSA) is 46.5 Å². The van der Waals surface area contributed by atoms with Gasteiger partial charge in [0.1, 0.15) is 5.76 Å². The van der Waals surface area contributed by atoms with E-state index in [9.17, 15) is 9.90 Å². The quantitative estimate of drug-likeness (QED) is 0.901. The number of aryl methyl sites for hydroxylation is 3. The predicted octanol–water partition coefficient (Wildman–Crippen LogP) is 3.89. The standard InChI is InChI=1S/C20H24O3/c1-5-12-8-13-15-17(20(12)23-13)19(22)16(18(15)21)14-10(3)6-9(2)7-11(14)4/h6-7,12-13,15,17,20,22H,5,8H2,1-4H3/t12-,13+,15+,17-,20-/m1/s1. The Hall–Kier alpha value is -1.61.